The van der Waals surface area contributed by atoms with Crippen molar-refractivity contribution >= 4 is 11.3 Å². The van der Waals surface area contributed by atoms with Gasteiger partial charge in [-0.1, -0.05) is 25.1 Å². The fourth-order valence-corrected chi connectivity index (χ4v) is 3.22. The summed E-state index contributed by atoms with van der Waals surface area (Å²) in [5.74, 6) is 1.47. The number of ether oxygens (including phenoxy) is 1. The van der Waals surface area contributed by atoms with E-state index in [4.69, 9.17) is 4.74 Å². The second kappa shape index (κ2) is 7.83. The molecule has 0 amide bonds. The first-order chi connectivity index (χ1) is 9.27. The monoisotopic (exact) mass is 279 g/mol. The lowest BCUT2D eigenvalue weighted by Crippen LogP contribution is -2.25. The Morgan fingerprint density at radius 2 is 2.26 bits per heavy atom. The average Bonchev–Trinajstić information content (AvgIpc) is 2.94. The Bertz CT molecular complexity index is 374. The highest BCUT2D eigenvalue weighted by Gasteiger charge is 2.18. The minimum Gasteiger partial charge on any atom is -0.380 e. The van der Waals surface area contributed by atoms with Gasteiger partial charge in [0.15, 0.2) is 0 Å². The Hall–Kier alpha value is -0.640. The van der Waals surface area contributed by atoms with Crippen molar-refractivity contribution in [2.24, 2.45) is 11.8 Å². The SMILES string of the molecule is CC(NCCOCC1CC=CCC1C)c1cccs1. The van der Waals surface area contributed by atoms with Crippen LogP contribution >= 0.6 is 11.3 Å². The molecule has 19 heavy (non-hydrogen) atoms. The minimum absolute atomic E-state index is 0.431. The number of thiophene rings is 1. The van der Waals surface area contributed by atoms with Gasteiger partial charge in [-0.2, -0.15) is 0 Å². The zero-order valence-electron chi connectivity index (χ0n) is 12.0. The second-order valence-electron chi connectivity index (χ2n) is 5.45. The predicted molar refractivity (Wildman–Crippen MR) is 82.6 cm³/mol. The van der Waals surface area contributed by atoms with E-state index in [1.54, 1.807) is 11.3 Å². The molecule has 0 saturated heterocycles. The van der Waals surface area contributed by atoms with E-state index in [1.807, 2.05) is 0 Å². The van der Waals surface area contributed by atoms with Crippen LogP contribution in [0.3, 0.4) is 0 Å². The van der Waals surface area contributed by atoms with Crippen LogP contribution in [0.4, 0.5) is 0 Å². The average molecular weight is 279 g/mol. The molecule has 106 valence electrons. The van der Waals surface area contributed by atoms with E-state index in [9.17, 15) is 0 Å². The molecule has 3 unspecified atom stereocenters. The Labute approximate surface area is 120 Å². The number of rotatable bonds is 7. The third-order valence-electron chi connectivity index (χ3n) is 3.92. The van der Waals surface area contributed by atoms with Gasteiger partial charge in [-0.25, -0.2) is 0 Å². The molecule has 1 aliphatic carbocycles. The molecule has 1 aliphatic rings. The van der Waals surface area contributed by atoms with Gasteiger partial charge in [-0.3, -0.25) is 0 Å². The Morgan fingerprint density at radius 3 is 3.00 bits per heavy atom. The zero-order chi connectivity index (χ0) is 13.5. The van der Waals surface area contributed by atoms with Crippen LogP contribution in [0, 0.1) is 11.8 Å². The largest absolute Gasteiger partial charge is 0.380 e. The number of nitrogens with one attached hydrogen (secondary N) is 1. The fraction of sp³-hybridized carbons (Fsp3) is 0.625. The van der Waals surface area contributed by atoms with E-state index in [-0.39, 0.29) is 0 Å². The van der Waals surface area contributed by atoms with Crippen LogP contribution in [0.2, 0.25) is 0 Å². The molecule has 1 aromatic heterocycles. The Balaban J connectivity index is 1.56. The van der Waals surface area contributed by atoms with Crippen LogP contribution < -0.4 is 5.32 Å². The highest BCUT2D eigenvalue weighted by molar-refractivity contribution is 7.10. The van der Waals surface area contributed by atoms with Gasteiger partial charge in [-0.15, -0.1) is 11.3 Å². The van der Waals surface area contributed by atoms with Crippen molar-refractivity contribution in [3.63, 3.8) is 0 Å². The number of allylic oxidation sites excluding steroid dienone is 2. The summed E-state index contributed by atoms with van der Waals surface area (Å²) in [5.41, 5.74) is 0. The van der Waals surface area contributed by atoms with E-state index in [1.165, 1.54) is 17.7 Å². The summed E-state index contributed by atoms with van der Waals surface area (Å²) >= 11 is 1.81. The zero-order valence-corrected chi connectivity index (χ0v) is 12.8. The lowest BCUT2D eigenvalue weighted by molar-refractivity contribution is 0.0799. The molecule has 0 aliphatic heterocycles. The van der Waals surface area contributed by atoms with Crippen LogP contribution in [-0.2, 0) is 4.74 Å². The molecule has 1 aromatic rings. The third-order valence-corrected chi connectivity index (χ3v) is 4.97. The van der Waals surface area contributed by atoms with Gasteiger partial charge < -0.3 is 10.1 Å². The third kappa shape index (κ3) is 4.75. The first kappa shape index (κ1) is 14.8. The maximum absolute atomic E-state index is 5.82. The highest BCUT2D eigenvalue weighted by Crippen LogP contribution is 2.25. The summed E-state index contributed by atoms with van der Waals surface area (Å²) in [6.07, 6.45) is 6.98. The molecular formula is C16H25NOS. The van der Waals surface area contributed by atoms with Crippen molar-refractivity contribution in [2.75, 3.05) is 19.8 Å². The molecule has 3 heteroatoms. The smallest absolute Gasteiger partial charge is 0.0591 e. The Morgan fingerprint density at radius 1 is 1.42 bits per heavy atom. The summed E-state index contributed by atoms with van der Waals surface area (Å²) in [6, 6.07) is 4.71. The normalized spacial score (nSPS) is 24.5. The maximum Gasteiger partial charge on any atom is 0.0591 e. The Kier molecular flexibility index (Phi) is 6.08. The molecule has 0 aromatic carbocycles. The summed E-state index contributed by atoms with van der Waals surface area (Å²) in [7, 11) is 0. The molecule has 2 nitrogen and oxygen atoms in total. The number of hydrogen-bond acceptors (Lipinski definition) is 3. The highest BCUT2D eigenvalue weighted by atomic mass is 32.1. The first-order valence-corrected chi connectivity index (χ1v) is 8.15. The van der Waals surface area contributed by atoms with E-state index >= 15 is 0 Å². The van der Waals surface area contributed by atoms with Crippen molar-refractivity contribution < 1.29 is 4.74 Å². The standard InChI is InChI=1S/C16H25NOS/c1-13-6-3-4-7-15(13)12-18-10-9-17-14(2)16-8-5-11-19-16/h3-5,8,11,13-15,17H,6-7,9-10,12H2,1-2H3. The van der Waals surface area contributed by atoms with Gasteiger partial charge >= 0.3 is 0 Å². The molecule has 0 bridgehead atoms. The predicted octanol–water partition coefficient (Wildman–Crippen LogP) is 4.02. The molecule has 0 spiro atoms. The molecule has 0 radical (unpaired) electrons. The van der Waals surface area contributed by atoms with Crippen molar-refractivity contribution in [3.05, 3.63) is 34.5 Å². The summed E-state index contributed by atoms with van der Waals surface area (Å²) in [4.78, 5) is 1.39. The van der Waals surface area contributed by atoms with E-state index in [0.29, 0.717) is 12.0 Å². The maximum atomic E-state index is 5.82. The second-order valence-corrected chi connectivity index (χ2v) is 6.43. The van der Waals surface area contributed by atoms with Crippen molar-refractivity contribution in [2.45, 2.75) is 32.7 Å². The van der Waals surface area contributed by atoms with Crippen LogP contribution in [0.5, 0.6) is 0 Å². The molecule has 0 fully saturated rings. The van der Waals surface area contributed by atoms with Gasteiger partial charge in [0.1, 0.15) is 0 Å². The van der Waals surface area contributed by atoms with E-state index in [0.717, 1.165) is 25.7 Å². The van der Waals surface area contributed by atoms with Crippen molar-refractivity contribution in [1.29, 1.82) is 0 Å². The molecular weight excluding hydrogens is 254 g/mol. The lowest BCUT2D eigenvalue weighted by atomic mass is 9.85. The fourth-order valence-electron chi connectivity index (χ4n) is 2.46. The van der Waals surface area contributed by atoms with Gasteiger partial charge in [0, 0.05) is 17.5 Å². The van der Waals surface area contributed by atoms with E-state index in [2.05, 4.69) is 48.8 Å². The lowest BCUT2D eigenvalue weighted by Gasteiger charge is -2.25. The topological polar surface area (TPSA) is 21.3 Å². The van der Waals surface area contributed by atoms with Gasteiger partial charge in [0.25, 0.3) is 0 Å². The molecule has 1 N–H and O–H groups in total. The summed E-state index contributed by atoms with van der Waals surface area (Å²) in [6.45, 7) is 7.17. The minimum atomic E-state index is 0.431. The molecule has 1 heterocycles. The van der Waals surface area contributed by atoms with Crippen molar-refractivity contribution in [3.8, 4) is 0 Å². The van der Waals surface area contributed by atoms with Crippen molar-refractivity contribution in [1.82, 2.24) is 5.32 Å². The van der Waals surface area contributed by atoms with Gasteiger partial charge in [0.05, 0.1) is 13.2 Å². The molecule has 2 rings (SSSR count). The molecule has 3 atom stereocenters. The first-order valence-electron chi connectivity index (χ1n) is 7.27. The van der Waals surface area contributed by atoms with Crippen LogP contribution in [0.15, 0.2) is 29.7 Å². The van der Waals surface area contributed by atoms with Crippen LogP contribution in [-0.4, -0.2) is 19.8 Å². The quantitative estimate of drug-likeness (QED) is 0.601. The molecule has 0 saturated carbocycles. The van der Waals surface area contributed by atoms with Gasteiger partial charge in [0.2, 0.25) is 0 Å². The van der Waals surface area contributed by atoms with Crippen LogP contribution in [0.25, 0.3) is 0 Å². The van der Waals surface area contributed by atoms with Gasteiger partial charge in [-0.05, 0) is 43.0 Å². The summed E-state index contributed by atoms with van der Waals surface area (Å²) < 4.78 is 5.82. The summed E-state index contributed by atoms with van der Waals surface area (Å²) in [5, 5.41) is 5.63. The number of hydrogen-bond donors (Lipinski definition) is 1. The van der Waals surface area contributed by atoms with E-state index < -0.39 is 0 Å². The van der Waals surface area contributed by atoms with Crippen LogP contribution in [0.1, 0.15) is 37.6 Å².